The highest BCUT2D eigenvalue weighted by Gasteiger charge is 2.14. The molecule has 0 unspecified atom stereocenters. The van der Waals surface area contributed by atoms with Crippen molar-refractivity contribution in [3.63, 3.8) is 0 Å². The number of fused-ring (bicyclic) bond motifs is 1. The van der Waals surface area contributed by atoms with E-state index in [-0.39, 0.29) is 5.69 Å². The molecular formula is C19H17ClN2O2. The molecule has 24 heavy (non-hydrogen) atoms. The number of aryl methyl sites for hydroxylation is 1. The average Bonchev–Trinajstić information content (AvgIpc) is 2.61. The van der Waals surface area contributed by atoms with Crippen LogP contribution in [-0.2, 0) is 11.2 Å². The van der Waals surface area contributed by atoms with Gasteiger partial charge in [-0.2, -0.15) is 0 Å². The van der Waals surface area contributed by atoms with Gasteiger partial charge in [0.25, 0.3) is 0 Å². The van der Waals surface area contributed by atoms with Crippen LogP contribution >= 0.6 is 11.6 Å². The zero-order valence-electron chi connectivity index (χ0n) is 13.5. The van der Waals surface area contributed by atoms with Gasteiger partial charge in [-0.25, -0.2) is 9.78 Å². The summed E-state index contributed by atoms with van der Waals surface area (Å²) in [5.41, 5.74) is 3.71. The molecule has 0 spiro atoms. The number of ether oxygens (including phenoxy) is 1. The maximum atomic E-state index is 11.9. The van der Waals surface area contributed by atoms with Gasteiger partial charge in [-0.1, -0.05) is 42.8 Å². The van der Waals surface area contributed by atoms with Crippen LogP contribution in [0.1, 0.15) is 23.0 Å². The minimum Gasteiger partial charge on any atom is -0.464 e. The molecule has 0 bridgehead atoms. The second-order valence-electron chi connectivity index (χ2n) is 5.36. The van der Waals surface area contributed by atoms with E-state index in [2.05, 4.69) is 29.4 Å². The van der Waals surface area contributed by atoms with E-state index in [4.69, 9.17) is 16.3 Å². The topological polar surface area (TPSA) is 51.2 Å². The van der Waals surface area contributed by atoms with E-state index in [9.17, 15) is 4.79 Å². The zero-order valence-corrected chi connectivity index (χ0v) is 14.2. The molecule has 4 nitrogen and oxygen atoms in total. The Morgan fingerprint density at radius 2 is 2.00 bits per heavy atom. The van der Waals surface area contributed by atoms with Gasteiger partial charge in [0.1, 0.15) is 0 Å². The van der Waals surface area contributed by atoms with Gasteiger partial charge in [-0.05, 0) is 36.2 Å². The molecular weight excluding hydrogens is 324 g/mol. The predicted molar refractivity (Wildman–Crippen MR) is 97.2 cm³/mol. The first-order valence-electron chi connectivity index (χ1n) is 7.66. The van der Waals surface area contributed by atoms with Crippen molar-refractivity contribution in [1.82, 2.24) is 4.98 Å². The summed E-state index contributed by atoms with van der Waals surface area (Å²) in [4.78, 5) is 16.3. The Labute approximate surface area is 145 Å². The number of carbonyl (C=O) groups is 1. The Balaban J connectivity index is 2.14. The lowest BCUT2D eigenvalue weighted by Crippen LogP contribution is -2.06. The summed E-state index contributed by atoms with van der Waals surface area (Å²) in [6, 6.07) is 15.3. The smallest absolute Gasteiger partial charge is 0.356 e. The van der Waals surface area contributed by atoms with E-state index in [0.717, 1.165) is 23.2 Å². The maximum absolute atomic E-state index is 11.9. The number of esters is 1. The van der Waals surface area contributed by atoms with Gasteiger partial charge in [0.2, 0.25) is 0 Å². The van der Waals surface area contributed by atoms with Gasteiger partial charge in [0.15, 0.2) is 5.69 Å². The average molecular weight is 341 g/mol. The highest BCUT2D eigenvalue weighted by atomic mass is 35.5. The van der Waals surface area contributed by atoms with Crippen molar-refractivity contribution >= 4 is 39.8 Å². The van der Waals surface area contributed by atoms with Crippen molar-refractivity contribution in [3.8, 4) is 0 Å². The normalized spacial score (nSPS) is 10.6. The highest BCUT2D eigenvalue weighted by Crippen LogP contribution is 2.31. The standard InChI is InChI=1S/C19H17ClN2O2/c1-3-12-6-4-7-13(10-12)21-16-11-17(19(23)24-2)22-18-14(16)8-5-9-15(18)20/h4-11H,3H2,1-2H3,(H,21,22). The Bertz CT molecular complexity index is 909. The van der Waals surface area contributed by atoms with Crippen LogP contribution in [0.5, 0.6) is 0 Å². The first-order valence-corrected chi connectivity index (χ1v) is 8.03. The molecule has 0 saturated heterocycles. The lowest BCUT2D eigenvalue weighted by Gasteiger charge is -2.13. The fraction of sp³-hybridized carbons (Fsp3) is 0.158. The quantitative estimate of drug-likeness (QED) is 0.680. The maximum Gasteiger partial charge on any atom is 0.356 e. The van der Waals surface area contributed by atoms with Crippen LogP contribution < -0.4 is 5.32 Å². The van der Waals surface area contributed by atoms with E-state index in [1.807, 2.05) is 24.3 Å². The molecule has 0 aliphatic rings. The van der Waals surface area contributed by atoms with Crippen LogP contribution in [0.15, 0.2) is 48.5 Å². The third kappa shape index (κ3) is 3.19. The van der Waals surface area contributed by atoms with Crippen molar-refractivity contribution < 1.29 is 9.53 Å². The third-order valence-electron chi connectivity index (χ3n) is 3.80. The molecule has 122 valence electrons. The summed E-state index contributed by atoms with van der Waals surface area (Å²) < 4.78 is 4.79. The summed E-state index contributed by atoms with van der Waals surface area (Å²) in [5, 5.41) is 4.70. The van der Waals surface area contributed by atoms with E-state index in [1.54, 1.807) is 12.1 Å². The predicted octanol–water partition coefficient (Wildman–Crippen LogP) is 4.98. The number of benzene rings is 2. The number of methoxy groups -OCH3 is 1. The Hall–Kier alpha value is -2.59. The van der Waals surface area contributed by atoms with Crippen molar-refractivity contribution in [1.29, 1.82) is 0 Å². The van der Waals surface area contributed by atoms with Crippen LogP contribution in [0.25, 0.3) is 10.9 Å². The van der Waals surface area contributed by atoms with Gasteiger partial charge >= 0.3 is 5.97 Å². The molecule has 2 aromatic carbocycles. The van der Waals surface area contributed by atoms with Gasteiger partial charge < -0.3 is 10.1 Å². The third-order valence-corrected chi connectivity index (χ3v) is 4.10. The van der Waals surface area contributed by atoms with Crippen molar-refractivity contribution in [2.75, 3.05) is 12.4 Å². The number of hydrogen-bond donors (Lipinski definition) is 1. The van der Waals surface area contributed by atoms with Crippen molar-refractivity contribution in [3.05, 3.63) is 64.8 Å². The Morgan fingerprint density at radius 1 is 1.21 bits per heavy atom. The van der Waals surface area contributed by atoms with E-state index in [0.29, 0.717) is 10.5 Å². The summed E-state index contributed by atoms with van der Waals surface area (Å²) in [5.74, 6) is -0.498. The molecule has 0 aliphatic carbocycles. The lowest BCUT2D eigenvalue weighted by atomic mass is 10.1. The zero-order chi connectivity index (χ0) is 17.1. The fourth-order valence-corrected chi connectivity index (χ4v) is 2.77. The Kier molecular flexibility index (Phi) is 4.67. The molecule has 1 aromatic heterocycles. The second-order valence-corrected chi connectivity index (χ2v) is 5.77. The molecule has 0 radical (unpaired) electrons. The first-order chi connectivity index (χ1) is 11.6. The largest absolute Gasteiger partial charge is 0.464 e. The van der Waals surface area contributed by atoms with E-state index >= 15 is 0 Å². The molecule has 0 amide bonds. The SMILES string of the molecule is CCc1cccc(Nc2cc(C(=O)OC)nc3c(Cl)cccc23)c1. The number of carbonyl (C=O) groups excluding carboxylic acids is 1. The first kappa shape index (κ1) is 16.3. The van der Waals surface area contributed by atoms with Crippen LogP contribution in [-0.4, -0.2) is 18.1 Å². The van der Waals surface area contributed by atoms with Crippen LogP contribution in [0.4, 0.5) is 11.4 Å². The molecule has 0 fully saturated rings. The lowest BCUT2D eigenvalue weighted by molar-refractivity contribution is 0.0594. The van der Waals surface area contributed by atoms with Crippen LogP contribution in [0, 0.1) is 0 Å². The van der Waals surface area contributed by atoms with Gasteiger partial charge in [0, 0.05) is 11.1 Å². The minimum atomic E-state index is -0.498. The van der Waals surface area contributed by atoms with Gasteiger partial charge in [0.05, 0.1) is 23.3 Å². The van der Waals surface area contributed by atoms with E-state index in [1.165, 1.54) is 12.7 Å². The Morgan fingerprint density at radius 3 is 2.75 bits per heavy atom. The molecule has 1 heterocycles. The number of pyridine rings is 1. The number of aromatic nitrogens is 1. The summed E-state index contributed by atoms with van der Waals surface area (Å²) in [6.45, 7) is 2.11. The number of nitrogens with zero attached hydrogens (tertiary/aromatic N) is 1. The monoisotopic (exact) mass is 340 g/mol. The number of nitrogens with one attached hydrogen (secondary N) is 1. The number of anilines is 2. The van der Waals surface area contributed by atoms with Gasteiger partial charge in [-0.3, -0.25) is 0 Å². The van der Waals surface area contributed by atoms with Crippen molar-refractivity contribution in [2.45, 2.75) is 13.3 Å². The van der Waals surface area contributed by atoms with Crippen LogP contribution in [0.2, 0.25) is 5.02 Å². The number of para-hydroxylation sites is 1. The molecule has 1 N–H and O–H groups in total. The van der Waals surface area contributed by atoms with Gasteiger partial charge in [-0.15, -0.1) is 0 Å². The fourth-order valence-electron chi connectivity index (χ4n) is 2.55. The van der Waals surface area contributed by atoms with Crippen LogP contribution in [0.3, 0.4) is 0 Å². The second kappa shape index (κ2) is 6.89. The summed E-state index contributed by atoms with van der Waals surface area (Å²) in [7, 11) is 1.33. The molecule has 0 saturated carbocycles. The minimum absolute atomic E-state index is 0.215. The summed E-state index contributed by atoms with van der Waals surface area (Å²) >= 11 is 6.26. The number of halogens is 1. The van der Waals surface area contributed by atoms with E-state index < -0.39 is 5.97 Å². The number of hydrogen-bond acceptors (Lipinski definition) is 4. The van der Waals surface area contributed by atoms with Crippen molar-refractivity contribution in [2.24, 2.45) is 0 Å². The highest BCUT2D eigenvalue weighted by molar-refractivity contribution is 6.35. The molecule has 3 aromatic rings. The molecule has 5 heteroatoms. The summed E-state index contributed by atoms with van der Waals surface area (Å²) in [6.07, 6.45) is 0.950. The molecule has 0 atom stereocenters. The molecule has 3 rings (SSSR count). The number of rotatable bonds is 4. The molecule has 0 aliphatic heterocycles.